The van der Waals surface area contributed by atoms with Crippen molar-refractivity contribution in [3.8, 4) is 0 Å². The third-order valence-corrected chi connectivity index (χ3v) is 4.39. The normalized spacial score (nSPS) is 10.3. The van der Waals surface area contributed by atoms with E-state index in [0.717, 1.165) is 16.0 Å². The summed E-state index contributed by atoms with van der Waals surface area (Å²) in [5.74, 6) is -0.328. The zero-order chi connectivity index (χ0) is 16.8. The van der Waals surface area contributed by atoms with Gasteiger partial charge < -0.3 is 4.74 Å². The number of nitro benzene ring substituents is 1. The lowest BCUT2D eigenvalue weighted by Gasteiger charge is -2.06. The third-order valence-electron chi connectivity index (χ3n) is 3.31. The molecule has 0 unspecified atom stereocenters. The Labute approximate surface area is 138 Å². The summed E-state index contributed by atoms with van der Waals surface area (Å²) < 4.78 is 4.59. The maximum atomic E-state index is 11.3. The Kier molecular flexibility index (Phi) is 5.76. The highest BCUT2D eigenvalue weighted by atomic mass is 32.2. The van der Waals surface area contributed by atoms with E-state index in [1.54, 1.807) is 6.07 Å². The Morgan fingerprint density at radius 1 is 1.22 bits per heavy atom. The fourth-order valence-electron chi connectivity index (χ4n) is 2.03. The number of rotatable bonds is 6. The summed E-state index contributed by atoms with van der Waals surface area (Å²) in [6.45, 7) is 1.99. The summed E-state index contributed by atoms with van der Waals surface area (Å²) in [5.41, 5.74) is 1.94. The smallest absolute Gasteiger partial charge is 0.305 e. The number of benzene rings is 2. The molecule has 0 N–H and O–H groups in total. The van der Waals surface area contributed by atoms with E-state index in [1.807, 2.05) is 37.3 Å². The highest BCUT2D eigenvalue weighted by Gasteiger charge is 2.16. The van der Waals surface area contributed by atoms with E-state index in [1.165, 1.54) is 24.9 Å². The van der Waals surface area contributed by atoms with E-state index in [0.29, 0.717) is 11.3 Å². The first-order chi connectivity index (χ1) is 11.0. The van der Waals surface area contributed by atoms with Crippen LogP contribution in [-0.2, 0) is 16.0 Å². The van der Waals surface area contributed by atoms with Crippen molar-refractivity contribution in [2.24, 2.45) is 0 Å². The third kappa shape index (κ3) is 4.82. The zero-order valence-electron chi connectivity index (χ0n) is 12.9. The Morgan fingerprint density at radius 2 is 1.91 bits per heavy atom. The molecule has 120 valence electrons. The quantitative estimate of drug-likeness (QED) is 0.451. The summed E-state index contributed by atoms with van der Waals surface area (Å²) >= 11 is 1.36. The average Bonchev–Trinajstić information content (AvgIpc) is 2.55. The van der Waals surface area contributed by atoms with E-state index in [4.69, 9.17) is 0 Å². The molecule has 2 rings (SSSR count). The molecule has 2 aromatic rings. The Hall–Kier alpha value is -2.34. The number of ether oxygens (including phenoxy) is 1. The predicted molar refractivity (Wildman–Crippen MR) is 88.7 cm³/mol. The van der Waals surface area contributed by atoms with Crippen molar-refractivity contribution < 1.29 is 14.5 Å². The molecule has 0 aliphatic rings. The molecule has 0 aliphatic carbocycles. The van der Waals surface area contributed by atoms with Crippen molar-refractivity contribution in [2.45, 2.75) is 29.6 Å². The van der Waals surface area contributed by atoms with Crippen LogP contribution in [0.1, 0.15) is 17.5 Å². The molecule has 0 aliphatic heterocycles. The second-order valence-electron chi connectivity index (χ2n) is 5.05. The van der Waals surface area contributed by atoms with Gasteiger partial charge in [0.15, 0.2) is 0 Å². The molecule has 5 nitrogen and oxygen atoms in total. The van der Waals surface area contributed by atoms with Gasteiger partial charge in [-0.3, -0.25) is 14.9 Å². The van der Waals surface area contributed by atoms with Crippen LogP contribution in [0.2, 0.25) is 0 Å². The van der Waals surface area contributed by atoms with Crippen LogP contribution in [0.3, 0.4) is 0 Å². The van der Waals surface area contributed by atoms with E-state index in [2.05, 4.69) is 4.74 Å². The Morgan fingerprint density at radius 3 is 2.52 bits per heavy atom. The predicted octanol–water partition coefficient (Wildman–Crippen LogP) is 4.16. The van der Waals surface area contributed by atoms with Gasteiger partial charge in [0.2, 0.25) is 0 Å². The van der Waals surface area contributed by atoms with Crippen molar-refractivity contribution in [2.75, 3.05) is 7.11 Å². The highest BCUT2D eigenvalue weighted by molar-refractivity contribution is 7.99. The second-order valence-corrected chi connectivity index (χ2v) is 6.17. The maximum Gasteiger partial charge on any atom is 0.305 e. The van der Waals surface area contributed by atoms with Gasteiger partial charge in [-0.25, -0.2) is 0 Å². The van der Waals surface area contributed by atoms with E-state index >= 15 is 0 Å². The number of methoxy groups -OCH3 is 1. The number of nitro groups is 1. The van der Waals surface area contributed by atoms with Crippen molar-refractivity contribution >= 4 is 23.4 Å². The minimum Gasteiger partial charge on any atom is -0.469 e. The van der Waals surface area contributed by atoms with E-state index < -0.39 is 4.92 Å². The molecule has 0 aromatic heterocycles. The number of aryl methyl sites for hydroxylation is 2. The van der Waals surface area contributed by atoms with Crippen molar-refractivity contribution in [1.29, 1.82) is 0 Å². The molecular weight excluding hydrogens is 314 g/mol. The first-order valence-electron chi connectivity index (χ1n) is 7.08. The number of hydrogen-bond acceptors (Lipinski definition) is 5. The molecule has 2 aromatic carbocycles. The van der Waals surface area contributed by atoms with Gasteiger partial charge >= 0.3 is 5.97 Å². The SMILES string of the molecule is COC(=O)CCc1ccc(Sc2ccc(C)cc2)c([N+](=O)[O-])c1. The molecular formula is C17H17NO4S. The number of hydrogen-bond donors (Lipinski definition) is 0. The van der Waals surface area contributed by atoms with E-state index in [-0.39, 0.29) is 18.1 Å². The molecule has 6 heteroatoms. The van der Waals surface area contributed by atoms with Crippen molar-refractivity contribution in [3.63, 3.8) is 0 Å². The summed E-state index contributed by atoms with van der Waals surface area (Å²) in [6, 6.07) is 12.9. The molecule has 0 radical (unpaired) electrons. The summed E-state index contributed by atoms with van der Waals surface area (Å²) in [7, 11) is 1.33. The lowest BCUT2D eigenvalue weighted by Crippen LogP contribution is -2.02. The van der Waals surface area contributed by atoms with Crippen LogP contribution in [0, 0.1) is 17.0 Å². The molecule has 0 spiro atoms. The fraction of sp³-hybridized carbons (Fsp3) is 0.235. The second kappa shape index (κ2) is 7.78. The standard InChI is InChI=1S/C17H17NO4S/c1-12-3-7-14(8-4-12)23-16-9-5-13(6-10-17(19)22-2)11-15(16)18(20)21/h3-5,7-9,11H,6,10H2,1-2H3. The molecule has 0 saturated heterocycles. The fourth-order valence-corrected chi connectivity index (χ4v) is 2.93. The van der Waals surface area contributed by atoms with Gasteiger partial charge in [-0.05, 0) is 37.1 Å². The number of carbonyl (C=O) groups is 1. The summed E-state index contributed by atoms with van der Waals surface area (Å²) in [5, 5.41) is 11.3. The monoisotopic (exact) mass is 331 g/mol. The molecule has 0 bridgehead atoms. The lowest BCUT2D eigenvalue weighted by atomic mass is 10.1. The molecule has 23 heavy (non-hydrogen) atoms. The summed E-state index contributed by atoms with van der Waals surface area (Å²) in [4.78, 5) is 23.6. The van der Waals surface area contributed by atoms with Gasteiger partial charge in [0.1, 0.15) is 0 Å². The van der Waals surface area contributed by atoms with Crippen LogP contribution in [0.4, 0.5) is 5.69 Å². The summed E-state index contributed by atoms with van der Waals surface area (Å²) in [6.07, 6.45) is 0.626. The molecule has 0 heterocycles. The molecule has 0 atom stereocenters. The van der Waals surface area contributed by atoms with Crippen LogP contribution in [0.25, 0.3) is 0 Å². The van der Waals surface area contributed by atoms with E-state index in [9.17, 15) is 14.9 Å². The molecule has 0 saturated carbocycles. The maximum absolute atomic E-state index is 11.3. The first-order valence-corrected chi connectivity index (χ1v) is 7.90. The van der Waals surface area contributed by atoms with Gasteiger partial charge in [-0.15, -0.1) is 0 Å². The number of nitrogens with zero attached hydrogens (tertiary/aromatic N) is 1. The molecule has 0 amide bonds. The highest BCUT2D eigenvalue weighted by Crippen LogP contribution is 2.35. The first kappa shape index (κ1) is 17.0. The van der Waals surface area contributed by atoms with Crippen LogP contribution >= 0.6 is 11.8 Å². The van der Waals surface area contributed by atoms with Gasteiger partial charge in [0.05, 0.1) is 16.9 Å². The van der Waals surface area contributed by atoms with Crippen LogP contribution in [0.5, 0.6) is 0 Å². The van der Waals surface area contributed by atoms with Gasteiger partial charge in [-0.2, -0.15) is 0 Å². The van der Waals surface area contributed by atoms with Crippen LogP contribution in [0.15, 0.2) is 52.3 Å². The minimum atomic E-state index is -0.391. The van der Waals surface area contributed by atoms with Crippen molar-refractivity contribution in [1.82, 2.24) is 0 Å². The van der Waals surface area contributed by atoms with Gasteiger partial charge in [-0.1, -0.05) is 35.5 Å². The van der Waals surface area contributed by atoms with Gasteiger partial charge in [0, 0.05) is 17.4 Å². The number of esters is 1. The minimum absolute atomic E-state index is 0.0536. The van der Waals surface area contributed by atoms with Crippen LogP contribution in [-0.4, -0.2) is 18.0 Å². The topological polar surface area (TPSA) is 69.4 Å². The lowest BCUT2D eigenvalue weighted by molar-refractivity contribution is -0.387. The van der Waals surface area contributed by atoms with Crippen LogP contribution < -0.4 is 0 Å². The Bertz CT molecular complexity index is 713. The zero-order valence-corrected chi connectivity index (χ0v) is 13.8. The largest absolute Gasteiger partial charge is 0.469 e. The van der Waals surface area contributed by atoms with Crippen molar-refractivity contribution in [3.05, 3.63) is 63.7 Å². The molecule has 0 fully saturated rings. The number of carbonyl (C=O) groups excluding carboxylic acids is 1. The van der Waals surface area contributed by atoms with Gasteiger partial charge in [0.25, 0.3) is 5.69 Å². The average molecular weight is 331 g/mol. The Balaban J connectivity index is 2.20.